The summed E-state index contributed by atoms with van der Waals surface area (Å²) in [6.07, 6.45) is 0. The molecule has 1 aromatic carbocycles. The van der Waals surface area contributed by atoms with Crippen molar-refractivity contribution in [3.63, 3.8) is 0 Å². The second-order valence-electron chi connectivity index (χ2n) is 4.70. The third-order valence-corrected chi connectivity index (χ3v) is 4.70. The predicted molar refractivity (Wildman–Crippen MR) is 79.5 cm³/mol. The van der Waals surface area contributed by atoms with Gasteiger partial charge in [-0.2, -0.15) is 5.10 Å². The second-order valence-corrected chi connectivity index (χ2v) is 6.41. The minimum Gasteiger partial charge on any atom is -0.384 e. The fourth-order valence-corrected chi connectivity index (χ4v) is 3.42. The average molecular weight is 307 g/mol. The van der Waals surface area contributed by atoms with Gasteiger partial charge in [-0.25, -0.2) is 13.1 Å². The Morgan fingerprint density at radius 3 is 2.71 bits per heavy atom. The van der Waals surface area contributed by atoms with Crippen molar-refractivity contribution in [2.45, 2.75) is 25.3 Å². The van der Waals surface area contributed by atoms with Crippen LogP contribution in [0, 0.1) is 19.3 Å². The summed E-state index contributed by atoms with van der Waals surface area (Å²) in [5.74, 6) is -0.0544. The number of nitrogen functional groups attached to an aromatic ring is 1. The van der Waals surface area contributed by atoms with Gasteiger partial charge in [-0.05, 0) is 25.5 Å². The lowest BCUT2D eigenvalue weighted by atomic mass is 10.1. The molecule has 112 valence electrons. The van der Waals surface area contributed by atoms with Crippen LogP contribution < -0.4 is 10.5 Å². The Balaban J connectivity index is 2.20. The Labute approximate surface area is 123 Å². The van der Waals surface area contributed by atoms with Gasteiger partial charge in [0.05, 0.1) is 11.4 Å². The number of benzene rings is 1. The monoisotopic (exact) mass is 307 g/mol. The Kier molecular flexibility index (Phi) is 4.10. The van der Waals surface area contributed by atoms with E-state index in [0.717, 1.165) is 5.56 Å². The van der Waals surface area contributed by atoms with E-state index < -0.39 is 10.0 Å². The van der Waals surface area contributed by atoms with E-state index in [-0.39, 0.29) is 17.3 Å². The van der Waals surface area contributed by atoms with Crippen molar-refractivity contribution in [3.05, 3.63) is 46.8 Å². The van der Waals surface area contributed by atoms with Gasteiger partial charge in [0.15, 0.2) is 0 Å². The lowest BCUT2D eigenvalue weighted by Crippen LogP contribution is -2.24. The second kappa shape index (κ2) is 5.66. The molecule has 0 radical (unpaired) electrons. The number of sulfonamides is 1. The highest BCUT2D eigenvalue weighted by molar-refractivity contribution is 7.89. The summed E-state index contributed by atoms with van der Waals surface area (Å²) in [7, 11) is -3.64. The maximum absolute atomic E-state index is 12.3. The Bertz CT molecular complexity index is 760. The zero-order valence-electron chi connectivity index (χ0n) is 11.8. The van der Waals surface area contributed by atoms with Crippen molar-refractivity contribution in [2.75, 3.05) is 0 Å². The molecule has 0 aliphatic rings. The van der Waals surface area contributed by atoms with Crippen LogP contribution in [0.3, 0.4) is 0 Å². The van der Waals surface area contributed by atoms with Crippen LogP contribution in [0.1, 0.15) is 22.5 Å². The van der Waals surface area contributed by atoms with E-state index in [0.29, 0.717) is 17.0 Å². The summed E-state index contributed by atoms with van der Waals surface area (Å²) in [6.45, 7) is 3.41. The van der Waals surface area contributed by atoms with Gasteiger partial charge in [0.1, 0.15) is 10.7 Å². The number of rotatable bonds is 5. The molecule has 2 rings (SSSR count). The molecule has 0 saturated carbocycles. The molecule has 0 amide bonds. The van der Waals surface area contributed by atoms with Crippen molar-refractivity contribution in [3.8, 4) is 0 Å². The molecule has 21 heavy (non-hydrogen) atoms. The van der Waals surface area contributed by atoms with E-state index in [2.05, 4.69) is 14.9 Å². The first-order valence-corrected chi connectivity index (χ1v) is 7.74. The largest absolute Gasteiger partial charge is 0.384 e. The summed E-state index contributed by atoms with van der Waals surface area (Å²) in [5.41, 5.74) is 7.62. The topological polar surface area (TPSA) is 125 Å². The summed E-state index contributed by atoms with van der Waals surface area (Å²) in [6, 6.07) is 6.88. The van der Waals surface area contributed by atoms with Crippen LogP contribution in [0.25, 0.3) is 0 Å². The van der Waals surface area contributed by atoms with Crippen LogP contribution in [0.15, 0.2) is 29.2 Å². The summed E-state index contributed by atoms with van der Waals surface area (Å²) >= 11 is 0. The van der Waals surface area contributed by atoms with E-state index in [1.165, 1.54) is 0 Å². The number of nitrogens with one attached hydrogen (secondary N) is 3. The Morgan fingerprint density at radius 1 is 1.43 bits per heavy atom. The summed E-state index contributed by atoms with van der Waals surface area (Å²) < 4.78 is 27.1. The first kappa shape index (κ1) is 15.2. The van der Waals surface area contributed by atoms with Gasteiger partial charge in [0.25, 0.3) is 0 Å². The van der Waals surface area contributed by atoms with Crippen LogP contribution >= 0.6 is 0 Å². The van der Waals surface area contributed by atoms with Gasteiger partial charge in [0, 0.05) is 12.1 Å². The lowest BCUT2D eigenvalue weighted by Gasteiger charge is -2.08. The SMILES string of the molecule is Cc1n[nH]c(C)c1S(=O)(=O)NCc1cccc(C(=N)N)c1. The van der Waals surface area contributed by atoms with E-state index in [1.807, 2.05) is 0 Å². The van der Waals surface area contributed by atoms with E-state index in [9.17, 15) is 8.42 Å². The molecule has 0 aliphatic heterocycles. The highest BCUT2D eigenvalue weighted by Gasteiger charge is 2.21. The first-order valence-electron chi connectivity index (χ1n) is 6.26. The minimum atomic E-state index is -3.64. The van der Waals surface area contributed by atoms with Gasteiger partial charge in [-0.15, -0.1) is 0 Å². The van der Waals surface area contributed by atoms with Crippen LogP contribution in [0.4, 0.5) is 0 Å². The molecule has 0 spiro atoms. The Hall–Kier alpha value is -2.19. The van der Waals surface area contributed by atoms with Crippen molar-refractivity contribution in [2.24, 2.45) is 5.73 Å². The van der Waals surface area contributed by atoms with Crippen LogP contribution in [0.5, 0.6) is 0 Å². The first-order chi connectivity index (χ1) is 9.81. The zero-order chi connectivity index (χ0) is 15.6. The fourth-order valence-electron chi connectivity index (χ4n) is 2.04. The number of nitrogens with two attached hydrogens (primary N) is 1. The molecule has 5 N–H and O–H groups in total. The van der Waals surface area contributed by atoms with E-state index >= 15 is 0 Å². The normalized spacial score (nSPS) is 11.5. The maximum Gasteiger partial charge on any atom is 0.244 e. The molecule has 0 fully saturated rings. The van der Waals surface area contributed by atoms with Gasteiger partial charge in [-0.3, -0.25) is 10.5 Å². The lowest BCUT2D eigenvalue weighted by molar-refractivity contribution is 0.580. The molecule has 1 heterocycles. The van der Waals surface area contributed by atoms with Crippen LogP contribution in [0.2, 0.25) is 0 Å². The molecule has 8 heteroatoms. The van der Waals surface area contributed by atoms with Crippen molar-refractivity contribution >= 4 is 15.9 Å². The quantitative estimate of drug-likeness (QED) is 0.481. The molecule has 0 aliphatic carbocycles. The third kappa shape index (κ3) is 3.29. The predicted octanol–water partition coefficient (Wildman–Crippen LogP) is 0.789. The van der Waals surface area contributed by atoms with Gasteiger partial charge >= 0.3 is 0 Å². The number of H-pyrrole nitrogens is 1. The number of aryl methyl sites for hydroxylation is 2. The average Bonchev–Trinajstić information content (AvgIpc) is 2.77. The maximum atomic E-state index is 12.3. The number of aromatic amines is 1. The van der Waals surface area contributed by atoms with Gasteiger partial charge in [0.2, 0.25) is 10.0 Å². The Morgan fingerprint density at radius 2 is 2.14 bits per heavy atom. The molecular formula is C13H17N5O2S. The highest BCUT2D eigenvalue weighted by Crippen LogP contribution is 2.16. The molecule has 0 unspecified atom stereocenters. The van der Waals surface area contributed by atoms with Gasteiger partial charge < -0.3 is 5.73 Å². The van der Waals surface area contributed by atoms with Crippen LogP contribution in [-0.2, 0) is 16.6 Å². The highest BCUT2D eigenvalue weighted by atomic mass is 32.2. The number of hydrogen-bond acceptors (Lipinski definition) is 4. The van der Waals surface area contributed by atoms with Crippen molar-refractivity contribution < 1.29 is 8.42 Å². The molecule has 1 aromatic heterocycles. The van der Waals surface area contributed by atoms with Crippen molar-refractivity contribution in [1.29, 1.82) is 5.41 Å². The summed E-state index contributed by atoms with van der Waals surface area (Å²) in [5, 5.41) is 13.9. The third-order valence-electron chi connectivity index (χ3n) is 3.03. The standard InChI is InChI=1S/C13H17N5O2S/c1-8-12(9(2)18-17-8)21(19,20)16-7-10-4-3-5-11(6-10)13(14)15/h3-6,16H,7H2,1-2H3,(H3,14,15)(H,17,18). The number of hydrogen-bond donors (Lipinski definition) is 4. The number of aromatic nitrogens is 2. The fraction of sp³-hybridized carbons (Fsp3) is 0.231. The van der Waals surface area contributed by atoms with E-state index in [4.69, 9.17) is 11.1 Å². The molecule has 0 bridgehead atoms. The summed E-state index contributed by atoms with van der Waals surface area (Å²) in [4.78, 5) is 0.172. The van der Waals surface area contributed by atoms with Crippen LogP contribution in [-0.4, -0.2) is 24.5 Å². The molecule has 7 nitrogen and oxygen atoms in total. The number of nitrogens with zero attached hydrogens (tertiary/aromatic N) is 1. The number of amidine groups is 1. The minimum absolute atomic E-state index is 0.0544. The smallest absolute Gasteiger partial charge is 0.244 e. The molecule has 0 saturated heterocycles. The molecule has 2 aromatic rings. The zero-order valence-corrected chi connectivity index (χ0v) is 12.6. The van der Waals surface area contributed by atoms with Crippen molar-refractivity contribution in [1.82, 2.24) is 14.9 Å². The van der Waals surface area contributed by atoms with Gasteiger partial charge in [-0.1, -0.05) is 18.2 Å². The van der Waals surface area contributed by atoms with E-state index in [1.54, 1.807) is 38.1 Å². The molecular weight excluding hydrogens is 290 g/mol. The molecule has 0 atom stereocenters.